The second-order valence-electron chi connectivity index (χ2n) is 6.53. The van der Waals surface area contributed by atoms with Gasteiger partial charge in [0.25, 0.3) is 0 Å². The van der Waals surface area contributed by atoms with Crippen LogP contribution < -0.4 is 15.8 Å². The number of ether oxygens (including phenoxy) is 2. The lowest BCUT2D eigenvalue weighted by molar-refractivity contribution is -0.136. The molecule has 1 aromatic rings. The van der Waals surface area contributed by atoms with Crippen LogP contribution >= 0.6 is 0 Å². The highest BCUT2D eigenvalue weighted by molar-refractivity contribution is 5.83. The lowest BCUT2D eigenvalue weighted by Gasteiger charge is -2.35. The number of rotatable bonds is 7. The third-order valence-electron chi connectivity index (χ3n) is 4.90. The molecule has 0 aromatic heterocycles. The minimum atomic E-state index is -0.504. The van der Waals surface area contributed by atoms with Crippen LogP contribution in [-0.4, -0.2) is 58.3 Å². The van der Waals surface area contributed by atoms with E-state index in [9.17, 15) is 4.79 Å². The predicted octanol–water partition coefficient (Wildman–Crippen LogP) is 1.17. The second-order valence-corrected chi connectivity index (χ2v) is 6.53. The maximum absolute atomic E-state index is 12.8. The van der Waals surface area contributed by atoms with Crippen molar-refractivity contribution in [3.05, 3.63) is 29.8 Å². The molecule has 0 saturated carbocycles. The summed E-state index contributed by atoms with van der Waals surface area (Å²) >= 11 is 0. The van der Waals surface area contributed by atoms with E-state index in [2.05, 4.69) is 10.2 Å². The van der Waals surface area contributed by atoms with Gasteiger partial charge in [-0.25, -0.2) is 0 Å². The Kier molecular flexibility index (Phi) is 6.60. The molecular formula is C18H29N3O3. The fourth-order valence-electron chi connectivity index (χ4n) is 3.18. The number of nitrogens with one attached hydrogen (secondary N) is 1. The van der Waals surface area contributed by atoms with Crippen LogP contribution in [-0.2, 0) is 9.53 Å². The molecule has 1 heterocycles. The number of amides is 1. The molecule has 2 rings (SSSR count). The largest absolute Gasteiger partial charge is 0.496 e. The van der Waals surface area contributed by atoms with Crippen LogP contribution in [0.3, 0.4) is 0 Å². The number of hydrogen-bond acceptors (Lipinski definition) is 5. The van der Waals surface area contributed by atoms with Gasteiger partial charge >= 0.3 is 0 Å². The van der Waals surface area contributed by atoms with Gasteiger partial charge in [0.1, 0.15) is 5.75 Å². The molecule has 0 spiro atoms. The summed E-state index contributed by atoms with van der Waals surface area (Å²) in [5.41, 5.74) is 6.47. The Morgan fingerprint density at radius 2 is 2.04 bits per heavy atom. The zero-order valence-electron chi connectivity index (χ0n) is 14.9. The van der Waals surface area contributed by atoms with Crippen molar-refractivity contribution in [2.24, 2.45) is 11.1 Å². The number of carbonyl (C=O) groups is 1. The average molecular weight is 335 g/mol. The molecule has 1 atom stereocenters. The second kappa shape index (κ2) is 8.46. The average Bonchev–Trinajstić information content (AvgIpc) is 2.62. The molecule has 1 saturated heterocycles. The Morgan fingerprint density at radius 1 is 1.38 bits per heavy atom. The van der Waals surface area contributed by atoms with Crippen LogP contribution in [0.2, 0.25) is 0 Å². The van der Waals surface area contributed by atoms with E-state index in [0.29, 0.717) is 39.1 Å². The Balaban J connectivity index is 2.10. The third kappa shape index (κ3) is 4.06. The van der Waals surface area contributed by atoms with Gasteiger partial charge in [-0.3, -0.25) is 4.79 Å². The summed E-state index contributed by atoms with van der Waals surface area (Å²) in [6.07, 6.45) is 1.35. The predicted molar refractivity (Wildman–Crippen MR) is 94.0 cm³/mol. The molecule has 6 nitrogen and oxygen atoms in total. The van der Waals surface area contributed by atoms with Crippen LogP contribution in [0.1, 0.15) is 24.4 Å². The molecular weight excluding hydrogens is 306 g/mol. The van der Waals surface area contributed by atoms with Crippen molar-refractivity contribution in [2.75, 3.05) is 47.5 Å². The minimum absolute atomic E-state index is 0.0232. The molecule has 1 aliphatic rings. The number of hydrogen-bond donors (Lipinski definition) is 2. The van der Waals surface area contributed by atoms with Crippen molar-refractivity contribution in [1.29, 1.82) is 0 Å². The quantitative estimate of drug-likeness (QED) is 0.782. The highest BCUT2D eigenvalue weighted by Gasteiger charge is 2.39. The summed E-state index contributed by atoms with van der Waals surface area (Å²) in [4.78, 5) is 14.8. The van der Waals surface area contributed by atoms with Gasteiger partial charge in [-0.15, -0.1) is 0 Å². The van der Waals surface area contributed by atoms with E-state index in [-0.39, 0.29) is 11.9 Å². The maximum Gasteiger partial charge on any atom is 0.227 e. The highest BCUT2D eigenvalue weighted by atomic mass is 16.5. The summed E-state index contributed by atoms with van der Waals surface area (Å²) in [6.45, 7) is 2.04. The number of carbonyl (C=O) groups excluding carboxylic acids is 1. The minimum Gasteiger partial charge on any atom is -0.496 e. The van der Waals surface area contributed by atoms with E-state index in [1.54, 1.807) is 7.11 Å². The van der Waals surface area contributed by atoms with Gasteiger partial charge in [-0.2, -0.15) is 0 Å². The normalized spacial score (nSPS) is 18.2. The van der Waals surface area contributed by atoms with Gasteiger partial charge < -0.3 is 25.4 Å². The lowest BCUT2D eigenvalue weighted by Crippen LogP contribution is -2.50. The molecule has 134 valence electrons. The molecule has 3 N–H and O–H groups in total. The first kappa shape index (κ1) is 18.7. The third-order valence-corrected chi connectivity index (χ3v) is 4.90. The van der Waals surface area contributed by atoms with E-state index in [1.165, 1.54) is 0 Å². The highest BCUT2D eigenvalue weighted by Crippen LogP contribution is 2.31. The fourth-order valence-corrected chi connectivity index (χ4v) is 3.18. The van der Waals surface area contributed by atoms with Crippen molar-refractivity contribution in [3.8, 4) is 5.75 Å². The standard InChI is InChI=1S/C18H29N3O3/c1-21(2)15(14-6-4-5-7-16(14)23-3)12-20-17(22)18(13-19)8-10-24-11-9-18/h4-7,15H,8-13,19H2,1-3H3,(H,20,22). The van der Waals surface area contributed by atoms with Crippen LogP contribution in [0.4, 0.5) is 0 Å². The molecule has 0 aliphatic carbocycles. The smallest absolute Gasteiger partial charge is 0.227 e. The Labute approximate surface area is 144 Å². The summed E-state index contributed by atoms with van der Waals surface area (Å²) in [5, 5.41) is 3.10. The summed E-state index contributed by atoms with van der Waals surface area (Å²) in [7, 11) is 5.66. The number of para-hydroxylation sites is 1. The van der Waals surface area contributed by atoms with E-state index < -0.39 is 5.41 Å². The van der Waals surface area contributed by atoms with E-state index in [1.807, 2.05) is 38.4 Å². The van der Waals surface area contributed by atoms with Crippen molar-refractivity contribution in [1.82, 2.24) is 10.2 Å². The first-order chi connectivity index (χ1) is 11.5. The van der Waals surface area contributed by atoms with Crippen LogP contribution in [0.25, 0.3) is 0 Å². The monoisotopic (exact) mass is 335 g/mol. The number of likely N-dealkylation sites (N-methyl/N-ethyl adjacent to an activating group) is 1. The van der Waals surface area contributed by atoms with Gasteiger partial charge in [0, 0.05) is 31.9 Å². The van der Waals surface area contributed by atoms with Crippen LogP contribution in [0.15, 0.2) is 24.3 Å². The number of benzene rings is 1. The van der Waals surface area contributed by atoms with E-state index in [4.69, 9.17) is 15.2 Å². The molecule has 0 bridgehead atoms. The molecule has 0 radical (unpaired) electrons. The fraction of sp³-hybridized carbons (Fsp3) is 0.611. The molecule has 1 aromatic carbocycles. The molecule has 1 fully saturated rings. The topological polar surface area (TPSA) is 76.8 Å². The van der Waals surface area contributed by atoms with Gasteiger partial charge in [0.15, 0.2) is 0 Å². The van der Waals surface area contributed by atoms with Crippen molar-refractivity contribution >= 4 is 5.91 Å². The summed E-state index contributed by atoms with van der Waals surface area (Å²) < 4.78 is 10.8. The zero-order valence-corrected chi connectivity index (χ0v) is 14.9. The molecule has 1 amide bonds. The van der Waals surface area contributed by atoms with E-state index in [0.717, 1.165) is 11.3 Å². The van der Waals surface area contributed by atoms with Gasteiger partial charge in [-0.1, -0.05) is 18.2 Å². The van der Waals surface area contributed by atoms with E-state index >= 15 is 0 Å². The van der Waals surface area contributed by atoms with Crippen molar-refractivity contribution in [2.45, 2.75) is 18.9 Å². The Bertz CT molecular complexity index is 542. The summed E-state index contributed by atoms with van der Waals surface area (Å²) in [5.74, 6) is 0.847. The summed E-state index contributed by atoms with van der Waals surface area (Å²) in [6, 6.07) is 7.92. The van der Waals surface area contributed by atoms with Crippen molar-refractivity contribution in [3.63, 3.8) is 0 Å². The SMILES string of the molecule is COc1ccccc1C(CNC(=O)C1(CN)CCOCC1)N(C)C. The maximum atomic E-state index is 12.8. The van der Waals surface area contributed by atoms with Crippen LogP contribution in [0, 0.1) is 5.41 Å². The molecule has 6 heteroatoms. The number of nitrogens with zero attached hydrogens (tertiary/aromatic N) is 1. The Morgan fingerprint density at radius 3 is 2.62 bits per heavy atom. The van der Waals surface area contributed by atoms with Crippen molar-refractivity contribution < 1.29 is 14.3 Å². The zero-order chi connectivity index (χ0) is 17.6. The van der Waals surface area contributed by atoms with Gasteiger partial charge in [0.05, 0.1) is 18.6 Å². The molecule has 1 aliphatic heterocycles. The Hall–Kier alpha value is -1.63. The lowest BCUT2D eigenvalue weighted by atomic mass is 9.79. The number of nitrogens with two attached hydrogens (primary N) is 1. The molecule has 1 unspecified atom stereocenters. The van der Waals surface area contributed by atoms with Gasteiger partial charge in [-0.05, 0) is 33.0 Å². The first-order valence-corrected chi connectivity index (χ1v) is 8.39. The number of methoxy groups -OCH3 is 1. The molecule has 24 heavy (non-hydrogen) atoms. The van der Waals surface area contributed by atoms with Gasteiger partial charge in [0.2, 0.25) is 5.91 Å². The van der Waals surface area contributed by atoms with Crippen LogP contribution in [0.5, 0.6) is 5.75 Å². The first-order valence-electron chi connectivity index (χ1n) is 8.39.